The Hall–Kier alpha value is -2.34. The number of aryl methyl sites for hydroxylation is 3. The minimum atomic E-state index is -0.378. The molecule has 2 amide bonds. The average molecular weight is 330 g/mol. The Bertz CT molecular complexity index is 689. The molecular formula is C18H26N4O2. The SMILES string of the molecule is CCC(O)CCNC(=O)Nc1cc(C)n(-c2cc(C)cc(C)c2)n1. The van der Waals surface area contributed by atoms with Gasteiger partial charge in [-0.25, -0.2) is 9.48 Å². The quantitative estimate of drug-likeness (QED) is 0.761. The Balaban J connectivity index is 2.02. The van der Waals surface area contributed by atoms with E-state index in [9.17, 15) is 9.90 Å². The summed E-state index contributed by atoms with van der Waals surface area (Å²) in [5.41, 5.74) is 4.25. The number of aliphatic hydroxyl groups excluding tert-OH is 1. The zero-order valence-corrected chi connectivity index (χ0v) is 14.8. The monoisotopic (exact) mass is 330 g/mol. The first kappa shape index (κ1) is 18.0. The Morgan fingerprint density at radius 3 is 2.50 bits per heavy atom. The molecule has 0 aliphatic heterocycles. The van der Waals surface area contributed by atoms with Crippen molar-refractivity contribution in [3.05, 3.63) is 41.1 Å². The van der Waals surface area contributed by atoms with E-state index in [2.05, 4.69) is 33.9 Å². The summed E-state index contributed by atoms with van der Waals surface area (Å²) in [5, 5.41) is 19.4. The molecule has 0 spiro atoms. The molecule has 1 unspecified atom stereocenters. The second-order valence-corrected chi connectivity index (χ2v) is 6.16. The van der Waals surface area contributed by atoms with Gasteiger partial charge in [-0.05, 0) is 56.9 Å². The van der Waals surface area contributed by atoms with Crippen molar-refractivity contribution in [3.8, 4) is 5.69 Å². The van der Waals surface area contributed by atoms with Crippen LogP contribution in [0.15, 0.2) is 24.3 Å². The van der Waals surface area contributed by atoms with Crippen LogP contribution in [0.5, 0.6) is 0 Å². The third-order valence-electron chi connectivity index (χ3n) is 3.81. The molecule has 1 atom stereocenters. The summed E-state index contributed by atoms with van der Waals surface area (Å²) >= 11 is 0. The van der Waals surface area contributed by atoms with Crippen LogP contribution in [0.1, 0.15) is 36.6 Å². The number of aliphatic hydroxyl groups is 1. The van der Waals surface area contributed by atoms with Crippen LogP contribution in [0.4, 0.5) is 10.6 Å². The summed E-state index contributed by atoms with van der Waals surface area (Å²) in [6, 6.07) is 7.74. The molecule has 0 saturated carbocycles. The first-order valence-corrected chi connectivity index (χ1v) is 8.27. The largest absolute Gasteiger partial charge is 0.393 e. The summed E-state index contributed by atoms with van der Waals surface area (Å²) in [7, 11) is 0. The lowest BCUT2D eigenvalue weighted by molar-refractivity contribution is 0.160. The van der Waals surface area contributed by atoms with Crippen LogP contribution in [0, 0.1) is 20.8 Å². The highest BCUT2D eigenvalue weighted by Crippen LogP contribution is 2.18. The van der Waals surface area contributed by atoms with E-state index in [1.165, 1.54) is 11.1 Å². The van der Waals surface area contributed by atoms with Crippen LogP contribution in [-0.2, 0) is 0 Å². The molecule has 0 fully saturated rings. The fraction of sp³-hybridized carbons (Fsp3) is 0.444. The molecule has 130 valence electrons. The van der Waals surface area contributed by atoms with Crippen LogP contribution < -0.4 is 10.6 Å². The van der Waals surface area contributed by atoms with E-state index in [1.807, 2.05) is 38.4 Å². The molecule has 0 aliphatic rings. The number of aromatic nitrogens is 2. The van der Waals surface area contributed by atoms with E-state index in [1.54, 1.807) is 0 Å². The van der Waals surface area contributed by atoms with Crippen LogP contribution in [0.25, 0.3) is 5.69 Å². The fourth-order valence-electron chi connectivity index (χ4n) is 2.59. The maximum atomic E-state index is 11.9. The van der Waals surface area contributed by atoms with Crippen molar-refractivity contribution >= 4 is 11.8 Å². The molecule has 0 bridgehead atoms. The Labute approximate surface area is 142 Å². The summed E-state index contributed by atoms with van der Waals surface area (Å²) < 4.78 is 1.82. The lowest BCUT2D eigenvalue weighted by atomic mass is 10.1. The molecule has 3 N–H and O–H groups in total. The van der Waals surface area contributed by atoms with Crippen LogP contribution >= 0.6 is 0 Å². The number of hydrogen-bond acceptors (Lipinski definition) is 3. The molecule has 24 heavy (non-hydrogen) atoms. The molecular weight excluding hydrogens is 304 g/mol. The van der Waals surface area contributed by atoms with Gasteiger partial charge in [-0.15, -0.1) is 5.10 Å². The summed E-state index contributed by atoms with van der Waals surface area (Å²) in [6.45, 7) is 8.38. The standard InChI is InChI=1S/C18H26N4O2/c1-5-16(23)6-7-19-18(24)20-17-11-14(4)22(21-17)15-9-12(2)8-13(3)10-15/h8-11,16,23H,5-7H2,1-4H3,(H2,19,20,21,24). The van der Waals surface area contributed by atoms with Crippen molar-refractivity contribution in [2.45, 2.75) is 46.6 Å². The summed E-state index contributed by atoms with van der Waals surface area (Å²) in [5.74, 6) is 0.500. The first-order chi connectivity index (χ1) is 11.4. The molecule has 6 heteroatoms. The summed E-state index contributed by atoms with van der Waals surface area (Å²) in [4.78, 5) is 11.9. The highest BCUT2D eigenvalue weighted by molar-refractivity contribution is 5.88. The van der Waals surface area contributed by atoms with Crippen LogP contribution in [-0.4, -0.2) is 33.6 Å². The van der Waals surface area contributed by atoms with Crippen molar-refractivity contribution in [1.82, 2.24) is 15.1 Å². The topological polar surface area (TPSA) is 79.2 Å². The molecule has 0 aliphatic carbocycles. The fourth-order valence-corrected chi connectivity index (χ4v) is 2.59. The van der Waals surface area contributed by atoms with E-state index >= 15 is 0 Å². The van der Waals surface area contributed by atoms with Crippen molar-refractivity contribution in [1.29, 1.82) is 0 Å². The zero-order valence-electron chi connectivity index (χ0n) is 14.8. The maximum absolute atomic E-state index is 11.9. The molecule has 0 saturated heterocycles. The number of carbonyl (C=O) groups is 1. The van der Waals surface area contributed by atoms with Crippen molar-refractivity contribution in [3.63, 3.8) is 0 Å². The molecule has 6 nitrogen and oxygen atoms in total. The smallest absolute Gasteiger partial charge is 0.320 e. The van der Waals surface area contributed by atoms with Gasteiger partial charge in [-0.1, -0.05) is 13.0 Å². The third kappa shape index (κ3) is 4.83. The number of hydrogen-bond donors (Lipinski definition) is 3. The number of urea groups is 1. The Morgan fingerprint density at radius 2 is 1.88 bits per heavy atom. The van der Waals surface area contributed by atoms with Gasteiger partial charge >= 0.3 is 6.03 Å². The zero-order chi connectivity index (χ0) is 17.7. The third-order valence-corrected chi connectivity index (χ3v) is 3.81. The highest BCUT2D eigenvalue weighted by atomic mass is 16.3. The van der Waals surface area contributed by atoms with Gasteiger partial charge in [0.05, 0.1) is 11.8 Å². The predicted octanol–water partition coefficient (Wildman–Crippen LogP) is 3.08. The number of nitrogens with one attached hydrogen (secondary N) is 2. The molecule has 2 aromatic rings. The van der Waals surface area contributed by atoms with Gasteiger partial charge in [0.1, 0.15) is 0 Å². The van der Waals surface area contributed by atoms with Gasteiger partial charge in [0, 0.05) is 18.3 Å². The second-order valence-electron chi connectivity index (χ2n) is 6.16. The lowest BCUT2D eigenvalue weighted by Gasteiger charge is -2.09. The van der Waals surface area contributed by atoms with E-state index in [4.69, 9.17) is 0 Å². The Kier molecular flexibility index (Phi) is 5.98. The second kappa shape index (κ2) is 7.97. The number of rotatable bonds is 6. The van der Waals surface area contributed by atoms with Crippen molar-refractivity contribution in [2.24, 2.45) is 0 Å². The van der Waals surface area contributed by atoms with Crippen molar-refractivity contribution < 1.29 is 9.90 Å². The highest BCUT2D eigenvalue weighted by Gasteiger charge is 2.10. The predicted molar refractivity (Wildman–Crippen MR) is 95.7 cm³/mol. The minimum Gasteiger partial charge on any atom is -0.393 e. The average Bonchev–Trinajstić information content (AvgIpc) is 2.86. The minimum absolute atomic E-state index is 0.316. The molecule has 1 heterocycles. The van der Waals surface area contributed by atoms with Gasteiger partial charge in [-0.3, -0.25) is 5.32 Å². The molecule has 0 radical (unpaired) electrons. The molecule has 1 aromatic heterocycles. The van der Waals surface area contributed by atoms with E-state index in [-0.39, 0.29) is 12.1 Å². The molecule has 1 aromatic carbocycles. The van der Waals surface area contributed by atoms with Gasteiger partial charge in [-0.2, -0.15) is 0 Å². The van der Waals surface area contributed by atoms with Gasteiger partial charge in [0.25, 0.3) is 0 Å². The number of anilines is 1. The number of nitrogens with zero attached hydrogens (tertiary/aromatic N) is 2. The van der Waals surface area contributed by atoms with E-state index in [0.29, 0.717) is 25.2 Å². The van der Waals surface area contributed by atoms with Gasteiger partial charge in [0.2, 0.25) is 0 Å². The maximum Gasteiger partial charge on any atom is 0.320 e. The Morgan fingerprint density at radius 1 is 1.21 bits per heavy atom. The number of amides is 2. The van der Waals surface area contributed by atoms with E-state index < -0.39 is 0 Å². The van der Waals surface area contributed by atoms with Gasteiger partial charge in [0.15, 0.2) is 5.82 Å². The van der Waals surface area contributed by atoms with E-state index in [0.717, 1.165) is 11.4 Å². The number of benzene rings is 1. The molecule has 2 rings (SSSR count). The van der Waals surface area contributed by atoms with Crippen LogP contribution in [0.3, 0.4) is 0 Å². The van der Waals surface area contributed by atoms with Crippen molar-refractivity contribution in [2.75, 3.05) is 11.9 Å². The van der Waals surface area contributed by atoms with Gasteiger partial charge < -0.3 is 10.4 Å². The number of carbonyl (C=O) groups excluding carboxylic acids is 1. The lowest BCUT2D eigenvalue weighted by Crippen LogP contribution is -2.31. The summed E-state index contributed by atoms with van der Waals surface area (Å²) in [6.07, 6.45) is 0.847. The normalized spacial score (nSPS) is 12.0. The van der Waals surface area contributed by atoms with Crippen LogP contribution in [0.2, 0.25) is 0 Å². The first-order valence-electron chi connectivity index (χ1n) is 8.27.